The fourth-order valence-corrected chi connectivity index (χ4v) is 4.18. The normalized spacial score (nSPS) is 16.5. The van der Waals surface area contributed by atoms with Gasteiger partial charge in [-0.15, -0.1) is 0 Å². The maximum Gasteiger partial charge on any atom is 0.297 e. The predicted octanol–water partition coefficient (Wildman–Crippen LogP) is 3.26. The summed E-state index contributed by atoms with van der Waals surface area (Å²) in [5.74, 6) is 0.827. The number of aromatic nitrogens is 3. The van der Waals surface area contributed by atoms with Gasteiger partial charge in [0.15, 0.2) is 17.4 Å². The van der Waals surface area contributed by atoms with E-state index >= 15 is 0 Å². The standard InChI is InChI=1S/C24H31N7O2/c1-15(2)10-12-31-20(21(26-3)29-24(31)30-11-6-7-16(25)14-30)23(33)27-13-19-17-8-4-5-9-18(17)22(32)28-19/h4-5,8-10,13,16,26,28,32H,6-7,11-12,14,25H2,1-3H3. The minimum atomic E-state index is -0.417. The van der Waals surface area contributed by atoms with Crippen LogP contribution in [-0.2, 0) is 6.54 Å². The van der Waals surface area contributed by atoms with Gasteiger partial charge in [0.05, 0.1) is 11.9 Å². The smallest absolute Gasteiger partial charge is 0.297 e. The molecule has 1 aliphatic rings. The molecule has 174 valence electrons. The molecule has 33 heavy (non-hydrogen) atoms. The van der Waals surface area contributed by atoms with E-state index in [4.69, 9.17) is 10.7 Å². The van der Waals surface area contributed by atoms with Crippen molar-refractivity contribution in [1.82, 2.24) is 14.5 Å². The number of carbonyl (C=O) groups is 1. The molecule has 4 rings (SSSR count). The fourth-order valence-electron chi connectivity index (χ4n) is 4.18. The lowest BCUT2D eigenvalue weighted by Gasteiger charge is -2.31. The highest BCUT2D eigenvalue weighted by atomic mass is 16.3. The van der Waals surface area contributed by atoms with E-state index in [1.54, 1.807) is 7.05 Å². The van der Waals surface area contributed by atoms with Crippen LogP contribution in [0.25, 0.3) is 10.8 Å². The first-order valence-electron chi connectivity index (χ1n) is 11.2. The average molecular weight is 450 g/mol. The van der Waals surface area contributed by atoms with E-state index in [2.05, 4.69) is 26.3 Å². The highest BCUT2D eigenvalue weighted by Crippen LogP contribution is 2.28. The molecule has 0 bridgehead atoms. The number of nitrogens with two attached hydrogens (primary N) is 1. The van der Waals surface area contributed by atoms with E-state index in [-0.39, 0.29) is 11.9 Å². The third kappa shape index (κ3) is 4.63. The highest BCUT2D eigenvalue weighted by molar-refractivity contribution is 6.08. The van der Waals surface area contributed by atoms with Gasteiger partial charge >= 0.3 is 0 Å². The highest BCUT2D eigenvalue weighted by Gasteiger charge is 2.27. The third-order valence-electron chi connectivity index (χ3n) is 5.85. The van der Waals surface area contributed by atoms with Gasteiger partial charge in [0, 0.05) is 43.5 Å². The summed E-state index contributed by atoms with van der Waals surface area (Å²) in [4.78, 5) is 27.3. The number of hydrogen-bond acceptors (Lipinski definition) is 6. The van der Waals surface area contributed by atoms with Crippen LogP contribution in [0.5, 0.6) is 5.88 Å². The molecule has 0 spiro atoms. The van der Waals surface area contributed by atoms with Crippen molar-refractivity contribution in [2.45, 2.75) is 39.3 Å². The lowest BCUT2D eigenvalue weighted by Crippen LogP contribution is -2.44. The summed E-state index contributed by atoms with van der Waals surface area (Å²) in [5.41, 5.74) is 8.31. The maximum absolute atomic E-state index is 13.3. The molecule has 0 radical (unpaired) electrons. The molecular formula is C24H31N7O2. The van der Waals surface area contributed by atoms with Crippen LogP contribution in [0, 0.1) is 0 Å². The molecule has 1 saturated heterocycles. The van der Waals surface area contributed by atoms with Gasteiger partial charge in [-0.05, 0) is 32.8 Å². The third-order valence-corrected chi connectivity index (χ3v) is 5.85. The molecule has 9 heteroatoms. The number of benzene rings is 1. The Kier molecular flexibility index (Phi) is 6.50. The number of carbonyl (C=O) groups excluding carboxylic acids is 1. The van der Waals surface area contributed by atoms with Gasteiger partial charge in [0.2, 0.25) is 5.95 Å². The van der Waals surface area contributed by atoms with Gasteiger partial charge in [-0.1, -0.05) is 29.8 Å². The Morgan fingerprint density at radius 1 is 1.36 bits per heavy atom. The number of nitrogens with one attached hydrogen (secondary N) is 2. The second-order valence-electron chi connectivity index (χ2n) is 8.60. The number of fused-ring (bicyclic) bond motifs is 1. The number of rotatable bonds is 6. The number of nitrogens with zero attached hydrogens (tertiary/aromatic N) is 4. The van der Waals surface area contributed by atoms with E-state index in [9.17, 15) is 9.90 Å². The number of amides is 1. The molecule has 5 N–H and O–H groups in total. The van der Waals surface area contributed by atoms with Crippen molar-refractivity contribution < 1.29 is 9.90 Å². The first kappa shape index (κ1) is 22.6. The zero-order valence-electron chi connectivity index (χ0n) is 19.3. The first-order valence-corrected chi connectivity index (χ1v) is 11.2. The summed E-state index contributed by atoms with van der Waals surface area (Å²) < 4.78 is 1.90. The maximum atomic E-state index is 13.3. The van der Waals surface area contributed by atoms with E-state index in [1.807, 2.05) is 42.7 Å². The molecular weight excluding hydrogens is 418 g/mol. The molecule has 1 fully saturated rings. The molecule has 1 unspecified atom stereocenters. The van der Waals surface area contributed by atoms with Crippen molar-refractivity contribution in [2.75, 3.05) is 30.4 Å². The largest absolute Gasteiger partial charge is 0.494 e. The van der Waals surface area contributed by atoms with Crippen LogP contribution in [0.15, 0.2) is 40.9 Å². The van der Waals surface area contributed by atoms with Gasteiger partial charge in [-0.25, -0.2) is 4.99 Å². The van der Waals surface area contributed by atoms with Crippen LogP contribution in [0.3, 0.4) is 0 Å². The SMILES string of the molecule is CNc1nc(N2CCCC(N)C2)n(CC=C(C)C)c1C(=O)N=Cc1[nH]c(O)c2ccccc12. The Balaban J connectivity index is 1.73. The second-order valence-corrected chi connectivity index (χ2v) is 8.60. The number of hydrogen-bond donors (Lipinski definition) is 4. The number of aromatic hydroxyl groups is 1. The Labute approximate surface area is 193 Å². The Morgan fingerprint density at radius 3 is 2.82 bits per heavy atom. The zero-order valence-corrected chi connectivity index (χ0v) is 19.3. The minimum absolute atomic E-state index is 0.0488. The monoisotopic (exact) mass is 449 g/mol. The van der Waals surface area contributed by atoms with Crippen molar-refractivity contribution in [3.63, 3.8) is 0 Å². The molecule has 3 aromatic rings. The van der Waals surface area contributed by atoms with E-state index in [0.717, 1.165) is 30.3 Å². The predicted molar refractivity (Wildman–Crippen MR) is 133 cm³/mol. The Morgan fingerprint density at radius 2 is 2.12 bits per heavy atom. The summed E-state index contributed by atoms with van der Waals surface area (Å²) in [7, 11) is 1.75. The number of allylic oxidation sites excluding steroid dienone is 2. The van der Waals surface area contributed by atoms with Crippen LogP contribution in [0.4, 0.5) is 11.8 Å². The van der Waals surface area contributed by atoms with Crippen molar-refractivity contribution in [2.24, 2.45) is 10.7 Å². The molecule has 9 nitrogen and oxygen atoms in total. The molecule has 2 aromatic heterocycles. The topological polar surface area (TPSA) is 125 Å². The number of aliphatic imine (C=N–C) groups is 1. The van der Waals surface area contributed by atoms with Gasteiger partial charge in [-0.2, -0.15) is 4.98 Å². The number of H-pyrrole nitrogens is 1. The van der Waals surface area contributed by atoms with Crippen molar-refractivity contribution in [3.8, 4) is 5.88 Å². The molecule has 1 amide bonds. The van der Waals surface area contributed by atoms with Gasteiger partial charge in [0.1, 0.15) is 0 Å². The van der Waals surface area contributed by atoms with Crippen molar-refractivity contribution >= 4 is 34.7 Å². The first-order chi connectivity index (χ1) is 15.9. The number of aromatic amines is 1. The van der Waals surface area contributed by atoms with Gasteiger partial charge in [0.25, 0.3) is 5.91 Å². The van der Waals surface area contributed by atoms with Crippen LogP contribution in [-0.4, -0.2) is 57.9 Å². The summed E-state index contributed by atoms with van der Waals surface area (Å²) in [6.07, 6.45) is 5.48. The van der Waals surface area contributed by atoms with E-state index in [1.165, 1.54) is 6.21 Å². The van der Waals surface area contributed by atoms with Crippen molar-refractivity contribution in [1.29, 1.82) is 0 Å². The van der Waals surface area contributed by atoms with Crippen LogP contribution < -0.4 is 16.0 Å². The van der Waals surface area contributed by atoms with Crippen LogP contribution >= 0.6 is 0 Å². The average Bonchev–Trinajstić information content (AvgIpc) is 3.34. The molecule has 1 atom stereocenters. The molecule has 3 heterocycles. The van der Waals surface area contributed by atoms with Crippen LogP contribution in [0.1, 0.15) is 42.9 Å². The van der Waals surface area contributed by atoms with Crippen LogP contribution in [0.2, 0.25) is 0 Å². The quantitative estimate of drug-likeness (QED) is 0.338. The number of imidazole rings is 1. The Hall–Kier alpha value is -3.59. The molecule has 0 aliphatic carbocycles. The van der Waals surface area contributed by atoms with E-state index in [0.29, 0.717) is 41.6 Å². The molecule has 1 aliphatic heterocycles. The number of piperidine rings is 1. The lowest BCUT2D eigenvalue weighted by atomic mass is 10.1. The van der Waals surface area contributed by atoms with Crippen molar-refractivity contribution in [3.05, 3.63) is 47.3 Å². The summed E-state index contributed by atoms with van der Waals surface area (Å²) in [6, 6.07) is 7.47. The second kappa shape index (κ2) is 9.50. The lowest BCUT2D eigenvalue weighted by molar-refractivity contribution is 0.0996. The van der Waals surface area contributed by atoms with E-state index < -0.39 is 5.91 Å². The molecule has 0 saturated carbocycles. The minimum Gasteiger partial charge on any atom is -0.494 e. The fraction of sp³-hybridized carbons (Fsp3) is 0.375. The van der Waals surface area contributed by atoms with Gasteiger partial charge < -0.3 is 30.6 Å². The summed E-state index contributed by atoms with van der Waals surface area (Å²) in [6.45, 7) is 6.08. The Bertz CT molecular complexity index is 1220. The summed E-state index contributed by atoms with van der Waals surface area (Å²) in [5, 5.41) is 14.7. The zero-order chi connectivity index (χ0) is 23.5. The molecule has 1 aromatic carbocycles. The summed E-state index contributed by atoms with van der Waals surface area (Å²) >= 11 is 0. The van der Waals surface area contributed by atoms with Gasteiger partial charge in [-0.3, -0.25) is 4.79 Å². The number of anilines is 2.